The molecular weight excluding hydrogens is 180 g/mol. The molecular formula is C10H16SSi. The summed E-state index contributed by atoms with van der Waals surface area (Å²) >= 11 is 4.66. The molecule has 0 aliphatic carbocycles. The van der Waals surface area contributed by atoms with Crippen molar-refractivity contribution in [2.75, 3.05) is 0 Å². The van der Waals surface area contributed by atoms with E-state index in [1.165, 1.54) is 5.56 Å². The summed E-state index contributed by atoms with van der Waals surface area (Å²) in [5, 5.41) is 0. The predicted molar refractivity (Wildman–Crippen MR) is 61.5 cm³/mol. The van der Waals surface area contributed by atoms with Gasteiger partial charge in [0.1, 0.15) is 0 Å². The molecule has 1 aromatic rings. The Morgan fingerprint density at radius 2 is 1.58 bits per heavy atom. The average molecular weight is 196 g/mol. The lowest BCUT2D eigenvalue weighted by Gasteiger charge is -2.24. The second-order valence-electron chi connectivity index (χ2n) is 4.18. The summed E-state index contributed by atoms with van der Waals surface area (Å²) < 4.78 is 0. The quantitative estimate of drug-likeness (QED) is 0.543. The molecule has 0 saturated carbocycles. The van der Waals surface area contributed by atoms with Crippen molar-refractivity contribution in [2.45, 2.75) is 24.5 Å². The Labute approximate surface area is 81.4 Å². The number of rotatable bonds is 2. The third-order valence-electron chi connectivity index (χ3n) is 1.94. The van der Waals surface area contributed by atoms with E-state index in [4.69, 9.17) is 0 Å². The van der Waals surface area contributed by atoms with Gasteiger partial charge in [-0.05, 0) is 5.56 Å². The Hall–Kier alpha value is -0.213. The van der Waals surface area contributed by atoms with Crippen LogP contribution in [0.5, 0.6) is 0 Å². The van der Waals surface area contributed by atoms with Gasteiger partial charge in [0.15, 0.2) is 0 Å². The van der Waals surface area contributed by atoms with Gasteiger partial charge in [0.25, 0.3) is 0 Å². The van der Waals surface area contributed by atoms with E-state index in [2.05, 4.69) is 56.5 Å². The van der Waals surface area contributed by atoms with E-state index in [1.54, 1.807) is 0 Å². The zero-order chi connectivity index (χ0) is 9.19. The van der Waals surface area contributed by atoms with Crippen LogP contribution in [0, 0.1) is 0 Å². The smallest absolute Gasteiger partial charge is 0.0639 e. The SMILES string of the molecule is C[Si](C)(C)C(S)c1ccccc1. The van der Waals surface area contributed by atoms with Crippen LogP contribution in [0.4, 0.5) is 0 Å². The highest BCUT2D eigenvalue weighted by Gasteiger charge is 2.24. The molecule has 0 fully saturated rings. The van der Waals surface area contributed by atoms with Gasteiger partial charge in [0.05, 0.1) is 8.07 Å². The normalized spacial score (nSPS) is 14.3. The van der Waals surface area contributed by atoms with Crippen LogP contribution < -0.4 is 0 Å². The molecule has 0 radical (unpaired) electrons. The highest BCUT2D eigenvalue weighted by atomic mass is 32.1. The molecule has 2 heteroatoms. The standard InChI is InChI=1S/C10H16SSi/c1-12(2,3)10(11)9-7-5-4-6-8-9/h4-8,10-11H,1-3H3. The Kier molecular flexibility index (Phi) is 3.02. The van der Waals surface area contributed by atoms with Crippen LogP contribution in [0.15, 0.2) is 30.3 Å². The first-order valence-electron chi connectivity index (χ1n) is 4.25. The molecule has 0 aliphatic heterocycles. The van der Waals surface area contributed by atoms with Crippen LogP contribution in [-0.4, -0.2) is 8.07 Å². The third-order valence-corrected chi connectivity index (χ3v) is 6.53. The van der Waals surface area contributed by atoms with Crippen LogP contribution in [0.1, 0.15) is 10.4 Å². The van der Waals surface area contributed by atoms with Gasteiger partial charge < -0.3 is 0 Å². The van der Waals surface area contributed by atoms with Gasteiger partial charge in [0, 0.05) is 4.87 Å². The average Bonchev–Trinajstić information content (AvgIpc) is 2.03. The van der Waals surface area contributed by atoms with Crippen molar-refractivity contribution in [3.8, 4) is 0 Å². The van der Waals surface area contributed by atoms with Crippen molar-refractivity contribution >= 4 is 20.7 Å². The summed E-state index contributed by atoms with van der Waals surface area (Å²) in [6.45, 7) is 7.03. The van der Waals surface area contributed by atoms with Crippen LogP contribution in [0.25, 0.3) is 0 Å². The molecule has 66 valence electrons. The Morgan fingerprint density at radius 3 is 2.00 bits per heavy atom. The van der Waals surface area contributed by atoms with Gasteiger partial charge >= 0.3 is 0 Å². The van der Waals surface area contributed by atoms with E-state index in [-0.39, 0.29) is 0 Å². The second kappa shape index (κ2) is 3.67. The van der Waals surface area contributed by atoms with Gasteiger partial charge in [-0.3, -0.25) is 0 Å². The Balaban J connectivity index is 2.86. The van der Waals surface area contributed by atoms with Crippen LogP contribution in [-0.2, 0) is 0 Å². The lowest BCUT2D eigenvalue weighted by molar-refractivity contribution is 1.28. The maximum Gasteiger partial charge on any atom is 0.0639 e. The highest BCUT2D eigenvalue weighted by Crippen LogP contribution is 2.29. The van der Waals surface area contributed by atoms with E-state index in [0.717, 1.165) is 0 Å². The van der Waals surface area contributed by atoms with Gasteiger partial charge in [0.2, 0.25) is 0 Å². The van der Waals surface area contributed by atoms with Crippen LogP contribution in [0.2, 0.25) is 19.6 Å². The van der Waals surface area contributed by atoms with Crippen molar-refractivity contribution in [1.29, 1.82) is 0 Å². The molecule has 1 rings (SSSR count). The maximum atomic E-state index is 4.66. The zero-order valence-electron chi connectivity index (χ0n) is 7.91. The van der Waals surface area contributed by atoms with Crippen molar-refractivity contribution in [1.82, 2.24) is 0 Å². The zero-order valence-corrected chi connectivity index (χ0v) is 9.81. The van der Waals surface area contributed by atoms with Gasteiger partial charge in [-0.1, -0.05) is 50.0 Å². The molecule has 0 N–H and O–H groups in total. The Morgan fingerprint density at radius 1 is 1.08 bits per heavy atom. The number of thiol groups is 1. The fourth-order valence-electron chi connectivity index (χ4n) is 1.14. The number of hydrogen-bond acceptors (Lipinski definition) is 1. The molecule has 0 saturated heterocycles. The maximum absolute atomic E-state index is 4.66. The third kappa shape index (κ3) is 2.39. The molecule has 1 aromatic carbocycles. The van der Waals surface area contributed by atoms with Crippen molar-refractivity contribution in [2.24, 2.45) is 0 Å². The fourth-order valence-corrected chi connectivity index (χ4v) is 2.50. The molecule has 0 nitrogen and oxygen atoms in total. The molecule has 12 heavy (non-hydrogen) atoms. The summed E-state index contributed by atoms with van der Waals surface area (Å²) in [4.78, 5) is 0.457. The van der Waals surface area contributed by atoms with Crippen LogP contribution in [0.3, 0.4) is 0 Å². The minimum absolute atomic E-state index is 0.457. The summed E-state index contributed by atoms with van der Waals surface area (Å²) in [5.41, 5.74) is 1.36. The summed E-state index contributed by atoms with van der Waals surface area (Å²) in [6.07, 6.45) is 0. The predicted octanol–water partition coefficient (Wildman–Crippen LogP) is 3.53. The van der Waals surface area contributed by atoms with E-state index in [0.29, 0.717) is 4.87 Å². The molecule has 0 spiro atoms. The molecule has 0 amide bonds. The fraction of sp³-hybridized carbons (Fsp3) is 0.400. The number of hydrogen-bond donors (Lipinski definition) is 1. The monoisotopic (exact) mass is 196 g/mol. The van der Waals surface area contributed by atoms with Crippen molar-refractivity contribution in [3.05, 3.63) is 35.9 Å². The Bertz CT molecular complexity index is 238. The minimum atomic E-state index is -1.14. The lowest BCUT2D eigenvalue weighted by Crippen LogP contribution is -2.27. The van der Waals surface area contributed by atoms with Gasteiger partial charge in [-0.2, -0.15) is 12.6 Å². The molecule has 0 aromatic heterocycles. The first-order valence-corrected chi connectivity index (χ1v) is 8.34. The minimum Gasteiger partial charge on any atom is -0.174 e. The first kappa shape index (κ1) is 9.87. The van der Waals surface area contributed by atoms with E-state index in [1.807, 2.05) is 6.07 Å². The largest absolute Gasteiger partial charge is 0.174 e. The van der Waals surface area contributed by atoms with E-state index >= 15 is 0 Å². The molecule has 1 atom stereocenters. The van der Waals surface area contributed by atoms with E-state index < -0.39 is 8.07 Å². The van der Waals surface area contributed by atoms with Gasteiger partial charge in [-0.15, -0.1) is 0 Å². The van der Waals surface area contributed by atoms with Crippen molar-refractivity contribution in [3.63, 3.8) is 0 Å². The summed E-state index contributed by atoms with van der Waals surface area (Å²) in [7, 11) is -1.14. The summed E-state index contributed by atoms with van der Waals surface area (Å²) in [5.74, 6) is 0. The number of benzene rings is 1. The molecule has 1 unspecified atom stereocenters. The molecule has 0 aliphatic rings. The topological polar surface area (TPSA) is 0 Å². The van der Waals surface area contributed by atoms with Crippen molar-refractivity contribution < 1.29 is 0 Å². The first-order chi connectivity index (χ1) is 5.52. The molecule has 0 bridgehead atoms. The summed E-state index contributed by atoms with van der Waals surface area (Å²) in [6, 6.07) is 10.5. The van der Waals surface area contributed by atoms with Gasteiger partial charge in [-0.25, -0.2) is 0 Å². The second-order valence-corrected chi connectivity index (χ2v) is 10.5. The lowest BCUT2D eigenvalue weighted by atomic mass is 10.2. The molecule has 0 heterocycles. The highest BCUT2D eigenvalue weighted by molar-refractivity contribution is 7.82. The van der Waals surface area contributed by atoms with Crippen LogP contribution >= 0.6 is 12.6 Å². The van der Waals surface area contributed by atoms with E-state index in [9.17, 15) is 0 Å².